The summed E-state index contributed by atoms with van der Waals surface area (Å²) in [5, 5.41) is 6.90. The van der Waals surface area contributed by atoms with Gasteiger partial charge in [0, 0.05) is 19.0 Å². The summed E-state index contributed by atoms with van der Waals surface area (Å²) in [6.45, 7) is 6.56. The Labute approximate surface area is 92.4 Å². The second kappa shape index (κ2) is 5.91. The average Bonchev–Trinajstić information content (AvgIpc) is 2.20. The SMILES string of the molecule is CC1CNC(C2CCCNC2)OC1.Cl. The van der Waals surface area contributed by atoms with Gasteiger partial charge in [0.2, 0.25) is 0 Å². The van der Waals surface area contributed by atoms with Crippen LogP contribution in [0.15, 0.2) is 0 Å². The zero-order chi connectivity index (χ0) is 9.10. The lowest BCUT2D eigenvalue weighted by Crippen LogP contribution is -2.50. The maximum atomic E-state index is 5.78. The van der Waals surface area contributed by atoms with E-state index >= 15 is 0 Å². The van der Waals surface area contributed by atoms with Gasteiger partial charge in [-0.15, -0.1) is 12.4 Å². The second-order valence-electron chi connectivity index (χ2n) is 4.37. The standard InChI is InChI=1S/C10H20N2O.ClH/c1-8-5-12-10(13-7-8)9-3-2-4-11-6-9;/h8-12H,2-7H2,1H3;1H. The van der Waals surface area contributed by atoms with Crippen LogP contribution < -0.4 is 10.6 Å². The lowest BCUT2D eigenvalue weighted by Gasteiger charge is -2.36. The topological polar surface area (TPSA) is 33.3 Å². The molecule has 2 rings (SSSR count). The molecular formula is C10H21ClN2O. The van der Waals surface area contributed by atoms with Gasteiger partial charge in [0.25, 0.3) is 0 Å². The number of hydrogen-bond acceptors (Lipinski definition) is 3. The van der Waals surface area contributed by atoms with E-state index in [4.69, 9.17) is 4.74 Å². The fourth-order valence-corrected chi connectivity index (χ4v) is 2.14. The third-order valence-electron chi connectivity index (χ3n) is 2.99. The van der Waals surface area contributed by atoms with Crippen LogP contribution in [0.2, 0.25) is 0 Å². The number of nitrogens with one attached hydrogen (secondary N) is 2. The monoisotopic (exact) mass is 220 g/mol. The number of rotatable bonds is 1. The van der Waals surface area contributed by atoms with Gasteiger partial charge in [0.05, 0.1) is 6.61 Å². The summed E-state index contributed by atoms with van der Waals surface area (Å²) >= 11 is 0. The highest BCUT2D eigenvalue weighted by Gasteiger charge is 2.27. The molecule has 2 N–H and O–H groups in total. The van der Waals surface area contributed by atoms with Gasteiger partial charge in [-0.1, -0.05) is 6.92 Å². The van der Waals surface area contributed by atoms with Gasteiger partial charge in [-0.25, -0.2) is 0 Å². The Hall–Kier alpha value is 0.170. The van der Waals surface area contributed by atoms with Gasteiger partial charge in [0.15, 0.2) is 0 Å². The molecule has 14 heavy (non-hydrogen) atoms. The van der Waals surface area contributed by atoms with Crippen molar-refractivity contribution >= 4 is 12.4 Å². The quantitative estimate of drug-likeness (QED) is 0.692. The van der Waals surface area contributed by atoms with Gasteiger partial charge < -0.3 is 10.1 Å². The highest BCUT2D eigenvalue weighted by atomic mass is 35.5. The molecule has 0 spiro atoms. The van der Waals surface area contributed by atoms with Crippen molar-refractivity contribution in [3.8, 4) is 0 Å². The summed E-state index contributed by atoms with van der Waals surface area (Å²) in [6, 6.07) is 0. The van der Waals surface area contributed by atoms with Crippen LogP contribution in [-0.4, -0.2) is 32.5 Å². The molecule has 2 aliphatic heterocycles. The fourth-order valence-electron chi connectivity index (χ4n) is 2.14. The Bertz CT molecular complexity index is 154. The Morgan fingerprint density at radius 1 is 1.29 bits per heavy atom. The van der Waals surface area contributed by atoms with Crippen molar-refractivity contribution in [1.82, 2.24) is 10.6 Å². The largest absolute Gasteiger partial charge is 0.363 e. The van der Waals surface area contributed by atoms with Crippen LogP contribution in [0, 0.1) is 11.8 Å². The average molecular weight is 221 g/mol. The minimum absolute atomic E-state index is 0. The third kappa shape index (κ3) is 3.09. The predicted octanol–water partition coefficient (Wildman–Crippen LogP) is 0.990. The number of ether oxygens (including phenoxy) is 1. The van der Waals surface area contributed by atoms with Gasteiger partial charge in [-0.2, -0.15) is 0 Å². The highest BCUT2D eigenvalue weighted by Crippen LogP contribution is 2.18. The molecule has 2 fully saturated rings. The minimum atomic E-state index is 0. The molecule has 0 aromatic rings. The fraction of sp³-hybridized carbons (Fsp3) is 1.00. The number of piperidine rings is 1. The van der Waals surface area contributed by atoms with Crippen molar-refractivity contribution < 1.29 is 4.74 Å². The van der Waals surface area contributed by atoms with Crippen LogP contribution in [0.5, 0.6) is 0 Å². The molecule has 2 aliphatic rings. The summed E-state index contributed by atoms with van der Waals surface area (Å²) in [4.78, 5) is 0. The molecular weight excluding hydrogens is 200 g/mol. The minimum Gasteiger partial charge on any atom is -0.363 e. The molecule has 3 unspecified atom stereocenters. The molecule has 3 atom stereocenters. The van der Waals surface area contributed by atoms with Crippen molar-refractivity contribution in [2.75, 3.05) is 26.2 Å². The Morgan fingerprint density at radius 2 is 2.14 bits per heavy atom. The molecule has 0 aromatic heterocycles. The van der Waals surface area contributed by atoms with E-state index in [0.717, 1.165) is 19.7 Å². The molecule has 84 valence electrons. The molecule has 2 heterocycles. The summed E-state index contributed by atoms with van der Waals surface area (Å²) in [5.74, 6) is 1.36. The highest BCUT2D eigenvalue weighted by molar-refractivity contribution is 5.85. The maximum absolute atomic E-state index is 5.78. The normalized spacial score (nSPS) is 38.8. The van der Waals surface area contributed by atoms with E-state index in [9.17, 15) is 0 Å². The maximum Gasteiger partial charge on any atom is 0.112 e. The lowest BCUT2D eigenvalue weighted by atomic mass is 9.96. The van der Waals surface area contributed by atoms with E-state index in [0.29, 0.717) is 18.1 Å². The summed E-state index contributed by atoms with van der Waals surface area (Å²) in [5.41, 5.74) is 0. The molecule has 0 amide bonds. The zero-order valence-electron chi connectivity index (χ0n) is 8.79. The summed E-state index contributed by atoms with van der Waals surface area (Å²) in [7, 11) is 0. The van der Waals surface area contributed by atoms with Crippen LogP contribution in [0.4, 0.5) is 0 Å². The molecule has 3 nitrogen and oxygen atoms in total. The van der Waals surface area contributed by atoms with E-state index < -0.39 is 0 Å². The summed E-state index contributed by atoms with van der Waals surface area (Å²) < 4.78 is 5.78. The predicted molar refractivity (Wildman–Crippen MR) is 59.7 cm³/mol. The van der Waals surface area contributed by atoms with Crippen LogP contribution >= 0.6 is 12.4 Å². The number of hydrogen-bond donors (Lipinski definition) is 2. The van der Waals surface area contributed by atoms with Gasteiger partial charge in [0.1, 0.15) is 6.23 Å². The first kappa shape index (κ1) is 12.2. The van der Waals surface area contributed by atoms with E-state index in [1.54, 1.807) is 0 Å². The van der Waals surface area contributed by atoms with Crippen molar-refractivity contribution in [2.24, 2.45) is 11.8 Å². The first-order valence-corrected chi connectivity index (χ1v) is 5.42. The molecule has 0 saturated carbocycles. The number of halogens is 1. The van der Waals surface area contributed by atoms with Crippen molar-refractivity contribution in [3.63, 3.8) is 0 Å². The lowest BCUT2D eigenvalue weighted by molar-refractivity contribution is -0.0609. The first-order valence-electron chi connectivity index (χ1n) is 5.42. The van der Waals surface area contributed by atoms with E-state index in [1.807, 2.05) is 0 Å². The molecule has 4 heteroatoms. The van der Waals surface area contributed by atoms with Gasteiger partial charge in [-0.3, -0.25) is 5.32 Å². The smallest absolute Gasteiger partial charge is 0.112 e. The van der Waals surface area contributed by atoms with Crippen LogP contribution in [-0.2, 0) is 4.74 Å². The zero-order valence-corrected chi connectivity index (χ0v) is 9.61. The van der Waals surface area contributed by atoms with Crippen LogP contribution in [0.1, 0.15) is 19.8 Å². The second-order valence-corrected chi connectivity index (χ2v) is 4.37. The van der Waals surface area contributed by atoms with Gasteiger partial charge >= 0.3 is 0 Å². The third-order valence-corrected chi connectivity index (χ3v) is 2.99. The van der Waals surface area contributed by atoms with Crippen LogP contribution in [0.3, 0.4) is 0 Å². The van der Waals surface area contributed by atoms with Crippen molar-refractivity contribution in [1.29, 1.82) is 0 Å². The molecule has 0 aromatic carbocycles. The van der Waals surface area contributed by atoms with Crippen LogP contribution in [0.25, 0.3) is 0 Å². The molecule has 0 bridgehead atoms. The summed E-state index contributed by atoms with van der Waals surface area (Å²) in [6.07, 6.45) is 2.91. The van der Waals surface area contributed by atoms with E-state index in [-0.39, 0.29) is 12.4 Å². The Balaban J connectivity index is 0.000000980. The first-order chi connectivity index (χ1) is 6.36. The van der Waals surface area contributed by atoms with Gasteiger partial charge in [-0.05, 0) is 25.3 Å². The Morgan fingerprint density at radius 3 is 2.71 bits per heavy atom. The van der Waals surface area contributed by atoms with Crippen molar-refractivity contribution in [3.05, 3.63) is 0 Å². The molecule has 0 aliphatic carbocycles. The molecule has 0 radical (unpaired) electrons. The Kier molecular flexibility index (Phi) is 5.17. The van der Waals surface area contributed by atoms with E-state index in [2.05, 4.69) is 17.6 Å². The molecule has 2 saturated heterocycles. The van der Waals surface area contributed by atoms with Crippen molar-refractivity contribution in [2.45, 2.75) is 26.0 Å². The van der Waals surface area contributed by atoms with E-state index in [1.165, 1.54) is 19.4 Å².